The molecule has 1 aliphatic heterocycles. The monoisotopic (exact) mass is 289 g/mol. The summed E-state index contributed by atoms with van der Waals surface area (Å²) in [5.41, 5.74) is -0.344. The second-order valence-corrected chi connectivity index (χ2v) is 8.29. The van der Waals surface area contributed by atoms with Crippen molar-refractivity contribution in [1.82, 2.24) is 5.09 Å². The van der Waals surface area contributed by atoms with Gasteiger partial charge in [0.25, 0.3) is 7.52 Å². The van der Waals surface area contributed by atoms with Crippen LogP contribution >= 0.6 is 7.52 Å². The lowest BCUT2D eigenvalue weighted by Gasteiger charge is -2.27. The summed E-state index contributed by atoms with van der Waals surface area (Å²) in [6.07, 6.45) is -0.214. The fourth-order valence-corrected chi connectivity index (χ4v) is 3.07. The standard InChI is InChI=1S/C12H25BNO4P/c1-7(2)17-6-10-11(9(5)12(13)18-10)14-19(15,16)8(3)4/h7-12H,6H2,1-5H3,(H2,14,15,16)/t9-,10+,11?,12+/m0/s1. The lowest BCUT2D eigenvalue weighted by atomic mass is 9.85. The van der Waals surface area contributed by atoms with Gasteiger partial charge < -0.3 is 14.4 Å². The summed E-state index contributed by atoms with van der Waals surface area (Å²) in [5.74, 6) is -0.0417. The van der Waals surface area contributed by atoms with E-state index in [0.717, 1.165) is 0 Å². The molecule has 110 valence electrons. The Balaban J connectivity index is 2.72. The van der Waals surface area contributed by atoms with Crippen LogP contribution in [0.4, 0.5) is 0 Å². The van der Waals surface area contributed by atoms with Gasteiger partial charge in [-0.15, -0.1) is 0 Å². The van der Waals surface area contributed by atoms with Crippen LogP contribution in [0.5, 0.6) is 0 Å². The molecular formula is C12H25BNO4P. The van der Waals surface area contributed by atoms with Crippen LogP contribution in [0.3, 0.4) is 0 Å². The van der Waals surface area contributed by atoms with E-state index in [2.05, 4.69) is 5.09 Å². The van der Waals surface area contributed by atoms with E-state index in [1.54, 1.807) is 13.8 Å². The highest BCUT2D eigenvalue weighted by Crippen LogP contribution is 2.44. The van der Waals surface area contributed by atoms with Crippen LogP contribution in [0.2, 0.25) is 0 Å². The molecule has 1 aliphatic rings. The summed E-state index contributed by atoms with van der Waals surface area (Å²) < 4.78 is 23.3. The number of ether oxygens (including phenoxy) is 2. The van der Waals surface area contributed by atoms with Crippen molar-refractivity contribution in [2.75, 3.05) is 6.61 Å². The molecular weight excluding hydrogens is 264 g/mol. The smallest absolute Gasteiger partial charge is 0.270 e. The van der Waals surface area contributed by atoms with E-state index in [1.165, 1.54) is 0 Å². The molecule has 0 aromatic carbocycles. The minimum Gasteiger partial charge on any atom is -0.380 e. The third-order valence-electron chi connectivity index (χ3n) is 3.44. The summed E-state index contributed by atoms with van der Waals surface area (Å²) in [5, 5.41) is 2.83. The van der Waals surface area contributed by atoms with Crippen molar-refractivity contribution >= 4 is 15.4 Å². The summed E-state index contributed by atoms with van der Waals surface area (Å²) in [6.45, 7) is 9.59. The maximum atomic E-state index is 12.1. The quantitative estimate of drug-likeness (QED) is 0.573. The van der Waals surface area contributed by atoms with Crippen LogP contribution in [0.15, 0.2) is 0 Å². The Kier molecular flexibility index (Phi) is 6.08. The Morgan fingerprint density at radius 3 is 2.47 bits per heavy atom. The van der Waals surface area contributed by atoms with Crippen molar-refractivity contribution in [2.24, 2.45) is 5.92 Å². The van der Waals surface area contributed by atoms with E-state index in [0.29, 0.717) is 6.61 Å². The first-order valence-corrected chi connectivity index (χ1v) is 8.51. The van der Waals surface area contributed by atoms with Gasteiger partial charge in [0.15, 0.2) is 0 Å². The molecule has 0 amide bonds. The van der Waals surface area contributed by atoms with Crippen molar-refractivity contribution in [2.45, 2.75) is 64.5 Å². The minimum absolute atomic E-state index is 0.0417. The summed E-state index contributed by atoms with van der Waals surface area (Å²) in [4.78, 5) is 9.96. The molecule has 0 spiro atoms. The van der Waals surface area contributed by atoms with Crippen LogP contribution in [-0.4, -0.2) is 49.3 Å². The van der Waals surface area contributed by atoms with E-state index < -0.39 is 13.5 Å². The average molecular weight is 289 g/mol. The SMILES string of the molecule is [B][C@@H]1O[C@H](COC(C)C)C(NP(=O)(O)C(C)C)[C@@H]1C. The predicted octanol–water partition coefficient (Wildman–Crippen LogP) is 1.49. The van der Waals surface area contributed by atoms with Crippen molar-refractivity contribution in [3.05, 3.63) is 0 Å². The minimum atomic E-state index is -3.40. The van der Waals surface area contributed by atoms with Gasteiger partial charge in [-0.05, 0) is 19.8 Å². The molecule has 5 atom stereocenters. The zero-order valence-electron chi connectivity index (χ0n) is 12.4. The predicted molar refractivity (Wildman–Crippen MR) is 76.6 cm³/mol. The molecule has 0 saturated carbocycles. The lowest BCUT2D eigenvalue weighted by molar-refractivity contribution is -0.0212. The van der Waals surface area contributed by atoms with Crippen molar-refractivity contribution in [1.29, 1.82) is 0 Å². The lowest BCUT2D eigenvalue weighted by Crippen LogP contribution is -2.42. The number of nitrogens with one attached hydrogen (secondary N) is 1. The van der Waals surface area contributed by atoms with Crippen LogP contribution in [-0.2, 0) is 14.0 Å². The van der Waals surface area contributed by atoms with E-state index in [9.17, 15) is 9.46 Å². The van der Waals surface area contributed by atoms with Crippen LogP contribution < -0.4 is 5.09 Å². The Morgan fingerprint density at radius 1 is 1.42 bits per heavy atom. The van der Waals surface area contributed by atoms with Crippen LogP contribution in [0.1, 0.15) is 34.6 Å². The molecule has 2 radical (unpaired) electrons. The van der Waals surface area contributed by atoms with E-state index >= 15 is 0 Å². The van der Waals surface area contributed by atoms with Gasteiger partial charge >= 0.3 is 0 Å². The highest BCUT2D eigenvalue weighted by molar-refractivity contribution is 7.56. The van der Waals surface area contributed by atoms with Gasteiger partial charge in [0, 0.05) is 17.7 Å². The van der Waals surface area contributed by atoms with Crippen molar-refractivity contribution in [3.8, 4) is 0 Å². The fraction of sp³-hybridized carbons (Fsp3) is 1.00. The first-order valence-electron chi connectivity index (χ1n) is 6.78. The average Bonchev–Trinajstić information content (AvgIpc) is 2.53. The van der Waals surface area contributed by atoms with Crippen molar-refractivity contribution in [3.63, 3.8) is 0 Å². The summed E-state index contributed by atoms with van der Waals surface area (Å²) in [7, 11) is 2.47. The maximum absolute atomic E-state index is 12.1. The van der Waals surface area contributed by atoms with Crippen LogP contribution in [0.25, 0.3) is 0 Å². The Bertz CT molecular complexity index is 340. The molecule has 0 aliphatic carbocycles. The first-order chi connectivity index (χ1) is 8.65. The largest absolute Gasteiger partial charge is 0.380 e. The molecule has 19 heavy (non-hydrogen) atoms. The number of rotatable bonds is 6. The number of hydrogen-bond donors (Lipinski definition) is 2. The Hall–Kier alpha value is 0.135. The molecule has 7 heteroatoms. The second kappa shape index (κ2) is 6.73. The molecule has 5 nitrogen and oxygen atoms in total. The highest BCUT2D eigenvalue weighted by Gasteiger charge is 2.42. The maximum Gasteiger partial charge on any atom is 0.270 e. The molecule has 2 unspecified atom stereocenters. The van der Waals surface area contributed by atoms with Gasteiger partial charge in [0.2, 0.25) is 0 Å². The molecule has 2 N–H and O–H groups in total. The highest BCUT2D eigenvalue weighted by atomic mass is 31.2. The molecule has 1 saturated heterocycles. The Labute approximate surface area is 117 Å². The van der Waals surface area contributed by atoms with E-state index in [1.807, 2.05) is 20.8 Å². The normalized spacial score (nSPS) is 34.9. The van der Waals surface area contributed by atoms with Gasteiger partial charge in [0.05, 0.1) is 18.8 Å². The van der Waals surface area contributed by atoms with Gasteiger partial charge in [-0.25, -0.2) is 5.09 Å². The van der Waals surface area contributed by atoms with Gasteiger partial charge in [-0.2, -0.15) is 0 Å². The van der Waals surface area contributed by atoms with Crippen LogP contribution in [0, 0.1) is 5.92 Å². The molecule has 0 aromatic heterocycles. The molecule has 0 aromatic rings. The summed E-state index contributed by atoms with van der Waals surface area (Å²) in [6, 6.07) is -0.711. The molecule has 1 rings (SSSR count). The van der Waals surface area contributed by atoms with E-state index in [4.69, 9.17) is 17.3 Å². The van der Waals surface area contributed by atoms with Gasteiger partial charge in [-0.3, -0.25) is 4.57 Å². The topological polar surface area (TPSA) is 67.8 Å². The molecule has 0 bridgehead atoms. The zero-order valence-corrected chi connectivity index (χ0v) is 13.3. The zero-order chi connectivity index (χ0) is 14.8. The van der Waals surface area contributed by atoms with Gasteiger partial charge in [0.1, 0.15) is 7.85 Å². The van der Waals surface area contributed by atoms with Crippen molar-refractivity contribution < 1.29 is 18.9 Å². The molecule has 1 heterocycles. The number of hydrogen-bond acceptors (Lipinski definition) is 3. The molecule has 1 fully saturated rings. The second-order valence-electron chi connectivity index (χ2n) is 5.75. The van der Waals surface area contributed by atoms with Gasteiger partial charge in [-0.1, -0.05) is 20.8 Å². The summed E-state index contributed by atoms with van der Waals surface area (Å²) >= 11 is 0. The third-order valence-corrected chi connectivity index (χ3v) is 5.51. The van der Waals surface area contributed by atoms with E-state index in [-0.39, 0.29) is 29.8 Å². The third kappa shape index (κ3) is 4.57. The Morgan fingerprint density at radius 2 is 2.00 bits per heavy atom. The first kappa shape index (κ1) is 17.2. The fourth-order valence-electron chi connectivity index (χ4n) is 1.95.